The minimum atomic E-state index is -0.303. The first-order valence-electron chi connectivity index (χ1n) is 8.04. The third kappa shape index (κ3) is 4.80. The van der Waals surface area contributed by atoms with Gasteiger partial charge in [0.2, 0.25) is 0 Å². The molecule has 2 aromatic rings. The number of nitrogens with zero attached hydrogens (tertiary/aromatic N) is 4. The van der Waals surface area contributed by atoms with Gasteiger partial charge in [-0.05, 0) is 19.2 Å². The van der Waals surface area contributed by atoms with E-state index >= 15 is 0 Å². The average Bonchev–Trinajstić information content (AvgIpc) is 2.62. The number of carbonyl (C=O) groups excluding carboxylic acids is 1. The van der Waals surface area contributed by atoms with E-state index in [0.29, 0.717) is 16.6 Å². The van der Waals surface area contributed by atoms with Gasteiger partial charge in [0.05, 0.1) is 5.02 Å². The van der Waals surface area contributed by atoms with Crippen molar-refractivity contribution in [3.05, 3.63) is 41.7 Å². The summed E-state index contributed by atoms with van der Waals surface area (Å²) in [6.07, 6.45) is 1.46. The molecule has 1 aromatic heterocycles. The number of amides is 1. The van der Waals surface area contributed by atoms with Crippen LogP contribution in [-0.4, -0.2) is 60.6 Å². The van der Waals surface area contributed by atoms with Gasteiger partial charge in [-0.25, -0.2) is 9.97 Å². The highest BCUT2D eigenvalue weighted by Crippen LogP contribution is 2.23. The minimum Gasteiger partial charge on any atom is -0.482 e. The van der Waals surface area contributed by atoms with E-state index in [1.807, 2.05) is 0 Å². The zero-order chi connectivity index (χ0) is 17.6. The quantitative estimate of drug-likeness (QED) is 0.877. The molecule has 1 saturated heterocycles. The molecule has 1 amide bonds. The van der Waals surface area contributed by atoms with Gasteiger partial charge in [-0.1, -0.05) is 23.7 Å². The van der Waals surface area contributed by atoms with Crippen molar-refractivity contribution in [1.29, 1.82) is 0 Å². The fraction of sp³-hybridized carbons (Fsp3) is 0.353. The highest BCUT2D eigenvalue weighted by atomic mass is 35.5. The summed E-state index contributed by atoms with van der Waals surface area (Å²) in [4.78, 5) is 24.9. The summed E-state index contributed by atoms with van der Waals surface area (Å²) in [7, 11) is 2.10. The third-order valence-electron chi connectivity index (χ3n) is 3.94. The third-order valence-corrected chi connectivity index (χ3v) is 4.26. The number of rotatable bonds is 5. The monoisotopic (exact) mass is 361 g/mol. The number of aromatic nitrogens is 2. The van der Waals surface area contributed by atoms with Crippen LogP contribution in [0.4, 0.5) is 11.6 Å². The maximum atomic E-state index is 12.1. The Hall–Kier alpha value is -2.38. The topological polar surface area (TPSA) is 70.6 Å². The Morgan fingerprint density at radius 3 is 2.76 bits per heavy atom. The van der Waals surface area contributed by atoms with Gasteiger partial charge in [-0.15, -0.1) is 0 Å². The van der Waals surface area contributed by atoms with Crippen molar-refractivity contribution in [2.45, 2.75) is 0 Å². The number of hydrogen-bond acceptors (Lipinski definition) is 6. The lowest BCUT2D eigenvalue weighted by atomic mass is 10.3. The molecular formula is C17H20ClN5O2. The molecule has 8 heteroatoms. The van der Waals surface area contributed by atoms with Gasteiger partial charge in [-0.3, -0.25) is 4.79 Å². The molecule has 0 unspecified atom stereocenters. The largest absolute Gasteiger partial charge is 0.482 e. The molecule has 0 radical (unpaired) electrons. The normalized spacial score (nSPS) is 15.0. The first kappa shape index (κ1) is 17.4. The van der Waals surface area contributed by atoms with Crippen molar-refractivity contribution < 1.29 is 9.53 Å². The van der Waals surface area contributed by atoms with Gasteiger partial charge in [-0.2, -0.15) is 0 Å². The van der Waals surface area contributed by atoms with Gasteiger partial charge in [0.15, 0.2) is 6.61 Å². The van der Waals surface area contributed by atoms with Crippen LogP contribution in [0.25, 0.3) is 0 Å². The highest BCUT2D eigenvalue weighted by molar-refractivity contribution is 6.32. The maximum Gasteiger partial charge on any atom is 0.263 e. The Labute approximate surface area is 151 Å². The predicted octanol–water partition coefficient (Wildman–Crippen LogP) is 1.90. The molecule has 1 aliphatic rings. The second-order valence-corrected chi connectivity index (χ2v) is 6.23. The fourth-order valence-electron chi connectivity index (χ4n) is 2.51. The number of anilines is 2. The van der Waals surface area contributed by atoms with Crippen LogP contribution < -0.4 is 15.0 Å². The van der Waals surface area contributed by atoms with E-state index in [1.54, 1.807) is 30.3 Å². The summed E-state index contributed by atoms with van der Waals surface area (Å²) in [5.74, 6) is 1.44. The van der Waals surface area contributed by atoms with Crippen LogP contribution in [0.2, 0.25) is 5.02 Å². The van der Waals surface area contributed by atoms with E-state index in [0.717, 1.165) is 32.0 Å². The number of halogens is 1. The smallest absolute Gasteiger partial charge is 0.263 e. The van der Waals surface area contributed by atoms with E-state index in [4.69, 9.17) is 16.3 Å². The summed E-state index contributed by atoms with van der Waals surface area (Å²) in [5, 5.41) is 3.19. The lowest BCUT2D eigenvalue weighted by Crippen LogP contribution is -2.44. The van der Waals surface area contributed by atoms with Crippen molar-refractivity contribution in [2.75, 3.05) is 50.1 Å². The van der Waals surface area contributed by atoms with Gasteiger partial charge in [0, 0.05) is 32.2 Å². The summed E-state index contributed by atoms with van der Waals surface area (Å²) < 4.78 is 5.43. The van der Waals surface area contributed by atoms with E-state index in [1.165, 1.54) is 6.33 Å². The minimum absolute atomic E-state index is 0.141. The SMILES string of the molecule is CN1CCN(c2cc(NC(=O)COc3ccccc3Cl)ncn2)CC1. The number of ether oxygens (including phenoxy) is 1. The van der Waals surface area contributed by atoms with Crippen molar-refractivity contribution in [3.8, 4) is 5.75 Å². The highest BCUT2D eigenvalue weighted by Gasteiger charge is 2.16. The first-order valence-corrected chi connectivity index (χ1v) is 8.42. The molecule has 0 saturated carbocycles. The number of benzene rings is 1. The van der Waals surface area contributed by atoms with Gasteiger partial charge in [0.25, 0.3) is 5.91 Å². The van der Waals surface area contributed by atoms with Gasteiger partial charge >= 0.3 is 0 Å². The molecule has 1 aliphatic heterocycles. The number of carbonyl (C=O) groups is 1. The molecule has 1 N–H and O–H groups in total. The lowest BCUT2D eigenvalue weighted by Gasteiger charge is -2.33. The van der Waals surface area contributed by atoms with Crippen LogP contribution in [0, 0.1) is 0 Å². The second kappa shape index (κ2) is 8.13. The van der Waals surface area contributed by atoms with Crippen LogP contribution >= 0.6 is 11.6 Å². The molecule has 132 valence electrons. The lowest BCUT2D eigenvalue weighted by molar-refractivity contribution is -0.118. The molecule has 0 atom stereocenters. The summed E-state index contributed by atoms with van der Waals surface area (Å²) in [5.41, 5.74) is 0. The summed E-state index contributed by atoms with van der Waals surface area (Å²) in [6, 6.07) is 8.80. The average molecular weight is 362 g/mol. The van der Waals surface area contributed by atoms with Gasteiger partial charge in [0.1, 0.15) is 23.7 Å². The molecule has 7 nitrogen and oxygen atoms in total. The van der Waals surface area contributed by atoms with Crippen molar-refractivity contribution >= 4 is 29.1 Å². The molecule has 25 heavy (non-hydrogen) atoms. The van der Waals surface area contributed by atoms with Crippen LogP contribution in [0.1, 0.15) is 0 Å². The van der Waals surface area contributed by atoms with Crippen LogP contribution in [0.15, 0.2) is 36.7 Å². The Morgan fingerprint density at radius 1 is 1.24 bits per heavy atom. The Morgan fingerprint density at radius 2 is 2.00 bits per heavy atom. The van der Waals surface area contributed by atoms with Crippen LogP contribution in [0.3, 0.4) is 0 Å². The fourth-order valence-corrected chi connectivity index (χ4v) is 2.70. The molecule has 0 spiro atoms. The first-order chi connectivity index (χ1) is 12.1. The molecular weight excluding hydrogens is 342 g/mol. The molecule has 1 fully saturated rings. The second-order valence-electron chi connectivity index (χ2n) is 5.82. The van der Waals surface area contributed by atoms with Crippen molar-refractivity contribution in [3.63, 3.8) is 0 Å². The van der Waals surface area contributed by atoms with Gasteiger partial charge < -0.3 is 19.9 Å². The van der Waals surface area contributed by atoms with Crippen LogP contribution in [-0.2, 0) is 4.79 Å². The standard InChI is InChI=1S/C17H20ClN5O2/c1-22-6-8-23(9-7-22)16-10-15(19-12-20-16)21-17(24)11-25-14-5-3-2-4-13(14)18/h2-5,10,12H,6-9,11H2,1H3,(H,19,20,21,24). The Kier molecular flexibility index (Phi) is 5.67. The zero-order valence-electron chi connectivity index (χ0n) is 14.0. The number of piperazine rings is 1. The molecule has 0 bridgehead atoms. The van der Waals surface area contributed by atoms with E-state index in [9.17, 15) is 4.79 Å². The number of hydrogen-bond donors (Lipinski definition) is 1. The van der Waals surface area contributed by atoms with E-state index in [2.05, 4.69) is 32.1 Å². The Bertz CT molecular complexity index is 734. The van der Waals surface area contributed by atoms with Crippen LogP contribution in [0.5, 0.6) is 5.75 Å². The number of para-hydroxylation sites is 1. The van der Waals surface area contributed by atoms with E-state index < -0.39 is 0 Å². The van der Waals surface area contributed by atoms with E-state index in [-0.39, 0.29) is 12.5 Å². The summed E-state index contributed by atoms with van der Waals surface area (Å²) >= 11 is 6.00. The maximum absolute atomic E-state index is 12.1. The molecule has 3 rings (SSSR count). The Balaban J connectivity index is 1.56. The van der Waals surface area contributed by atoms with Crippen molar-refractivity contribution in [2.24, 2.45) is 0 Å². The van der Waals surface area contributed by atoms with Crippen molar-refractivity contribution in [1.82, 2.24) is 14.9 Å². The summed E-state index contributed by atoms with van der Waals surface area (Å²) in [6.45, 7) is 3.62. The number of likely N-dealkylation sites (N-methyl/N-ethyl adjacent to an activating group) is 1. The predicted molar refractivity (Wildman–Crippen MR) is 97.3 cm³/mol. The zero-order valence-corrected chi connectivity index (χ0v) is 14.7. The number of nitrogens with one attached hydrogen (secondary N) is 1. The molecule has 2 heterocycles. The molecule has 0 aliphatic carbocycles. The molecule has 1 aromatic carbocycles.